The number of allylic oxidation sites excluding steroid dienone is 4. The number of hydrogen-bond donors (Lipinski definition) is 2. The van der Waals surface area contributed by atoms with Gasteiger partial charge in [-0.15, -0.1) is 0 Å². The molecule has 4 nitrogen and oxygen atoms in total. The smallest absolute Gasteiger partial charge is 0.134 e. The zero-order valence-corrected chi connectivity index (χ0v) is 11.9. The van der Waals surface area contributed by atoms with Gasteiger partial charge in [0.05, 0.1) is 5.69 Å². The van der Waals surface area contributed by atoms with Crippen LogP contribution >= 0.6 is 0 Å². The van der Waals surface area contributed by atoms with Gasteiger partial charge in [-0.3, -0.25) is 0 Å². The molecule has 0 fully saturated rings. The Morgan fingerprint density at radius 3 is 2.81 bits per heavy atom. The topological polar surface area (TPSA) is 63.8 Å². The summed E-state index contributed by atoms with van der Waals surface area (Å²) in [5, 5.41) is 3.33. The van der Waals surface area contributed by atoms with Crippen molar-refractivity contribution in [2.24, 2.45) is 0 Å². The van der Waals surface area contributed by atoms with Crippen LogP contribution in [0.3, 0.4) is 0 Å². The predicted molar refractivity (Wildman–Crippen MR) is 86.3 cm³/mol. The number of hydrogen-bond acceptors (Lipinski definition) is 4. The molecule has 0 saturated carbocycles. The Bertz CT molecular complexity index is 716. The van der Waals surface area contributed by atoms with Crippen LogP contribution in [0.25, 0.3) is 11.3 Å². The van der Waals surface area contributed by atoms with E-state index in [-0.39, 0.29) is 0 Å². The second-order valence-electron chi connectivity index (χ2n) is 5.05. The lowest BCUT2D eigenvalue weighted by atomic mass is 10.0. The molecule has 21 heavy (non-hydrogen) atoms. The second kappa shape index (κ2) is 5.79. The van der Waals surface area contributed by atoms with Crippen molar-refractivity contribution in [2.75, 3.05) is 11.1 Å². The summed E-state index contributed by atoms with van der Waals surface area (Å²) in [5.41, 5.74) is 10.8. The van der Waals surface area contributed by atoms with Gasteiger partial charge in [-0.25, -0.2) is 9.97 Å². The summed E-state index contributed by atoms with van der Waals surface area (Å²) >= 11 is 0. The van der Waals surface area contributed by atoms with E-state index >= 15 is 0 Å². The summed E-state index contributed by atoms with van der Waals surface area (Å²) in [6.07, 6.45) is 8.81. The van der Waals surface area contributed by atoms with Crippen LogP contribution in [0.2, 0.25) is 0 Å². The third kappa shape index (κ3) is 3.28. The van der Waals surface area contributed by atoms with Crippen molar-refractivity contribution < 1.29 is 0 Å². The molecule has 0 saturated heterocycles. The van der Waals surface area contributed by atoms with Crippen LogP contribution < -0.4 is 11.1 Å². The lowest BCUT2D eigenvalue weighted by molar-refractivity contribution is 1.07. The first-order valence-electron chi connectivity index (χ1n) is 6.86. The molecule has 1 aromatic carbocycles. The molecule has 4 heteroatoms. The SMILES string of the molecule is CC1=CC=C(Nc2cc(-c3cccc(N)c3)ncn2)C[CH]1. The third-order valence-electron chi connectivity index (χ3n) is 3.33. The molecule has 0 aliphatic heterocycles. The highest BCUT2D eigenvalue weighted by molar-refractivity contribution is 5.66. The van der Waals surface area contributed by atoms with Crippen molar-refractivity contribution in [3.8, 4) is 11.3 Å². The van der Waals surface area contributed by atoms with Gasteiger partial charge in [-0.1, -0.05) is 23.8 Å². The molecule has 0 bridgehead atoms. The Labute approximate surface area is 124 Å². The van der Waals surface area contributed by atoms with Crippen LogP contribution in [0, 0.1) is 6.42 Å². The summed E-state index contributed by atoms with van der Waals surface area (Å²) in [4.78, 5) is 8.58. The van der Waals surface area contributed by atoms with Crippen LogP contribution in [0.1, 0.15) is 13.3 Å². The van der Waals surface area contributed by atoms with Crippen LogP contribution in [-0.4, -0.2) is 9.97 Å². The molecule has 3 rings (SSSR count). The van der Waals surface area contributed by atoms with E-state index in [9.17, 15) is 0 Å². The first-order valence-corrected chi connectivity index (χ1v) is 6.86. The Morgan fingerprint density at radius 2 is 2.05 bits per heavy atom. The van der Waals surface area contributed by atoms with Gasteiger partial charge in [0, 0.05) is 23.0 Å². The molecular weight excluding hydrogens is 260 g/mol. The van der Waals surface area contributed by atoms with Crippen LogP contribution in [0.5, 0.6) is 0 Å². The molecule has 1 heterocycles. The summed E-state index contributed by atoms with van der Waals surface area (Å²) in [7, 11) is 0. The zero-order chi connectivity index (χ0) is 14.7. The van der Waals surface area contributed by atoms with Crippen molar-refractivity contribution >= 4 is 11.5 Å². The van der Waals surface area contributed by atoms with Crippen molar-refractivity contribution in [3.63, 3.8) is 0 Å². The van der Waals surface area contributed by atoms with Gasteiger partial charge in [-0.05, 0) is 38.0 Å². The van der Waals surface area contributed by atoms with Gasteiger partial charge >= 0.3 is 0 Å². The molecule has 3 N–H and O–H groups in total. The summed E-state index contributed by atoms with van der Waals surface area (Å²) in [5.74, 6) is 0.787. The van der Waals surface area contributed by atoms with E-state index < -0.39 is 0 Å². The van der Waals surface area contributed by atoms with Crippen LogP contribution in [-0.2, 0) is 0 Å². The standard InChI is InChI=1S/C17H17N4/c1-12-5-7-15(8-6-12)21-17-10-16(19-11-20-17)13-3-2-4-14(18)9-13/h2-7,9-11H,8,18H2,1H3,(H,19,20,21). The summed E-state index contributed by atoms with van der Waals surface area (Å²) in [6.45, 7) is 2.09. The number of nitrogen functional groups attached to an aromatic ring is 1. The third-order valence-corrected chi connectivity index (χ3v) is 3.33. The molecule has 1 radical (unpaired) electrons. The minimum atomic E-state index is 0.728. The Morgan fingerprint density at radius 1 is 1.14 bits per heavy atom. The molecule has 1 aromatic heterocycles. The highest BCUT2D eigenvalue weighted by atomic mass is 15.0. The molecular formula is C17H17N4. The maximum Gasteiger partial charge on any atom is 0.134 e. The van der Waals surface area contributed by atoms with Gasteiger partial charge in [-0.2, -0.15) is 0 Å². The number of nitrogens with two attached hydrogens (primary N) is 1. The average Bonchev–Trinajstić information content (AvgIpc) is 2.50. The number of nitrogens with one attached hydrogen (secondary N) is 1. The highest BCUT2D eigenvalue weighted by Gasteiger charge is 2.06. The van der Waals surface area contributed by atoms with E-state index in [4.69, 9.17) is 5.73 Å². The fourth-order valence-corrected chi connectivity index (χ4v) is 2.18. The molecule has 105 valence electrons. The molecule has 0 unspecified atom stereocenters. The molecule has 0 spiro atoms. The molecule has 2 aromatic rings. The van der Waals surface area contributed by atoms with Gasteiger partial charge in [0.15, 0.2) is 0 Å². The minimum Gasteiger partial charge on any atom is -0.399 e. The lowest BCUT2D eigenvalue weighted by Crippen LogP contribution is -2.05. The van der Waals surface area contributed by atoms with Crippen LogP contribution in [0.15, 0.2) is 60.1 Å². The first kappa shape index (κ1) is 13.4. The number of aromatic nitrogens is 2. The van der Waals surface area contributed by atoms with E-state index in [0.717, 1.165) is 34.9 Å². The predicted octanol–water partition coefficient (Wildman–Crippen LogP) is 3.58. The number of benzene rings is 1. The van der Waals surface area contributed by atoms with Gasteiger partial charge in [0.2, 0.25) is 0 Å². The van der Waals surface area contributed by atoms with Gasteiger partial charge in [0.1, 0.15) is 12.1 Å². The van der Waals surface area contributed by atoms with Crippen molar-refractivity contribution in [1.82, 2.24) is 9.97 Å². The fourth-order valence-electron chi connectivity index (χ4n) is 2.18. The largest absolute Gasteiger partial charge is 0.399 e. The monoisotopic (exact) mass is 277 g/mol. The highest BCUT2D eigenvalue weighted by Crippen LogP contribution is 2.23. The Hall–Kier alpha value is -2.62. The molecule has 1 aliphatic carbocycles. The van der Waals surface area contributed by atoms with Crippen molar-refractivity contribution in [3.05, 3.63) is 66.5 Å². The molecule has 0 atom stereocenters. The van der Waals surface area contributed by atoms with Gasteiger partial charge < -0.3 is 11.1 Å². The Kier molecular flexibility index (Phi) is 3.69. The van der Waals surface area contributed by atoms with E-state index in [1.165, 1.54) is 5.57 Å². The normalized spacial score (nSPS) is 14.3. The number of rotatable bonds is 3. The van der Waals surface area contributed by atoms with E-state index in [2.05, 4.69) is 40.8 Å². The van der Waals surface area contributed by atoms with E-state index in [0.29, 0.717) is 0 Å². The molecule has 0 amide bonds. The lowest BCUT2D eigenvalue weighted by Gasteiger charge is -2.14. The van der Waals surface area contributed by atoms with Crippen molar-refractivity contribution in [2.45, 2.75) is 13.3 Å². The maximum atomic E-state index is 5.82. The second-order valence-corrected chi connectivity index (χ2v) is 5.05. The quantitative estimate of drug-likeness (QED) is 0.842. The van der Waals surface area contributed by atoms with E-state index in [1.807, 2.05) is 30.3 Å². The first-order chi connectivity index (χ1) is 10.2. The van der Waals surface area contributed by atoms with Crippen LogP contribution in [0.4, 0.5) is 11.5 Å². The minimum absolute atomic E-state index is 0.728. The summed E-state index contributed by atoms with van der Waals surface area (Å²) in [6, 6.07) is 9.61. The van der Waals surface area contributed by atoms with E-state index in [1.54, 1.807) is 6.33 Å². The maximum absolute atomic E-state index is 5.82. The number of nitrogens with zero attached hydrogens (tertiary/aromatic N) is 2. The average molecular weight is 277 g/mol. The van der Waals surface area contributed by atoms with Gasteiger partial charge in [0.25, 0.3) is 0 Å². The van der Waals surface area contributed by atoms with Crippen molar-refractivity contribution in [1.29, 1.82) is 0 Å². The Balaban J connectivity index is 1.84. The summed E-state index contributed by atoms with van der Waals surface area (Å²) < 4.78 is 0. The molecule has 1 aliphatic rings. The fraction of sp³-hybridized carbons (Fsp3) is 0.118. The zero-order valence-electron chi connectivity index (χ0n) is 11.9. The number of anilines is 2.